The molecule has 1 amide bonds. The number of carbonyl (C=O) groups is 2. The molecule has 6 nitrogen and oxygen atoms in total. The topological polar surface area (TPSA) is 105 Å². The predicted molar refractivity (Wildman–Crippen MR) is 75.5 cm³/mol. The fraction of sp³-hybridized carbons (Fsp3) is 0.615. The highest BCUT2D eigenvalue weighted by molar-refractivity contribution is 7.09. The Morgan fingerprint density at radius 1 is 1.55 bits per heavy atom. The van der Waals surface area contributed by atoms with Gasteiger partial charge < -0.3 is 16.2 Å². The molecular weight excluding hydrogens is 278 g/mol. The van der Waals surface area contributed by atoms with Gasteiger partial charge >= 0.3 is 5.97 Å². The Kier molecular flexibility index (Phi) is 4.39. The summed E-state index contributed by atoms with van der Waals surface area (Å²) in [5.41, 5.74) is 4.55. The second-order valence-corrected chi connectivity index (χ2v) is 6.30. The molecule has 0 unspecified atom stereocenters. The summed E-state index contributed by atoms with van der Waals surface area (Å²) in [6.07, 6.45) is 2.53. The minimum absolute atomic E-state index is 0.245. The maximum Gasteiger partial charge on any atom is 0.329 e. The SMILES string of the molecule is CC1CCC(NC(=O)c2csc(CN)n2)(C(=O)O)CC1. The first kappa shape index (κ1) is 14.9. The number of rotatable bonds is 4. The molecule has 0 aromatic carbocycles. The molecular formula is C13H19N3O3S. The number of amides is 1. The highest BCUT2D eigenvalue weighted by Gasteiger charge is 2.42. The molecule has 7 heteroatoms. The molecule has 1 aromatic heterocycles. The molecule has 1 aliphatic rings. The summed E-state index contributed by atoms with van der Waals surface area (Å²) >= 11 is 1.30. The maximum absolute atomic E-state index is 12.2. The molecule has 0 saturated heterocycles. The van der Waals surface area contributed by atoms with Crippen LogP contribution < -0.4 is 11.1 Å². The number of carbonyl (C=O) groups excluding carboxylic acids is 1. The van der Waals surface area contributed by atoms with E-state index in [9.17, 15) is 14.7 Å². The van der Waals surface area contributed by atoms with Crippen molar-refractivity contribution < 1.29 is 14.7 Å². The Morgan fingerprint density at radius 2 is 2.20 bits per heavy atom. The summed E-state index contributed by atoms with van der Waals surface area (Å²) in [5, 5.41) is 14.4. The van der Waals surface area contributed by atoms with Gasteiger partial charge in [-0.2, -0.15) is 0 Å². The van der Waals surface area contributed by atoms with E-state index >= 15 is 0 Å². The molecule has 1 aromatic rings. The molecule has 0 radical (unpaired) electrons. The van der Waals surface area contributed by atoms with Crippen molar-refractivity contribution in [1.29, 1.82) is 0 Å². The van der Waals surface area contributed by atoms with E-state index in [1.165, 1.54) is 11.3 Å². The van der Waals surface area contributed by atoms with E-state index in [2.05, 4.69) is 17.2 Å². The van der Waals surface area contributed by atoms with Crippen molar-refractivity contribution >= 4 is 23.2 Å². The molecule has 0 bridgehead atoms. The molecule has 20 heavy (non-hydrogen) atoms. The first-order valence-electron chi connectivity index (χ1n) is 6.67. The summed E-state index contributed by atoms with van der Waals surface area (Å²) < 4.78 is 0. The van der Waals surface area contributed by atoms with Gasteiger partial charge in [-0.25, -0.2) is 9.78 Å². The zero-order valence-electron chi connectivity index (χ0n) is 11.4. The third kappa shape index (κ3) is 2.99. The van der Waals surface area contributed by atoms with Gasteiger partial charge in [0.25, 0.3) is 5.91 Å². The highest BCUT2D eigenvalue weighted by Crippen LogP contribution is 2.32. The molecule has 1 saturated carbocycles. The Balaban J connectivity index is 2.12. The Labute approximate surface area is 121 Å². The first-order chi connectivity index (χ1) is 9.47. The van der Waals surface area contributed by atoms with Crippen molar-refractivity contribution in [2.45, 2.75) is 44.7 Å². The zero-order chi connectivity index (χ0) is 14.8. The number of hydrogen-bond acceptors (Lipinski definition) is 5. The van der Waals surface area contributed by atoms with Gasteiger partial charge in [0.2, 0.25) is 0 Å². The van der Waals surface area contributed by atoms with Crippen LogP contribution >= 0.6 is 11.3 Å². The van der Waals surface area contributed by atoms with Crippen LogP contribution in [-0.2, 0) is 11.3 Å². The lowest BCUT2D eigenvalue weighted by Gasteiger charge is -2.36. The molecule has 1 heterocycles. The molecule has 1 fully saturated rings. The van der Waals surface area contributed by atoms with Crippen LogP contribution in [0.15, 0.2) is 5.38 Å². The largest absolute Gasteiger partial charge is 0.480 e. The fourth-order valence-electron chi connectivity index (χ4n) is 2.44. The number of carboxylic acids is 1. The second kappa shape index (κ2) is 5.88. The second-order valence-electron chi connectivity index (χ2n) is 5.35. The van der Waals surface area contributed by atoms with E-state index in [1.54, 1.807) is 5.38 Å². The van der Waals surface area contributed by atoms with Gasteiger partial charge in [0.1, 0.15) is 16.2 Å². The van der Waals surface area contributed by atoms with Crippen molar-refractivity contribution in [3.8, 4) is 0 Å². The van der Waals surface area contributed by atoms with Crippen LogP contribution in [-0.4, -0.2) is 27.5 Å². The summed E-state index contributed by atoms with van der Waals surface area (Å²) in [6.45, 7) is 2.38. The Hall–Kier alpha value is -1.47. The Morgan fingerprint density at radius 3 is 2.70 bits per heavy atom. The summed E-state index contributed by atoms with van der Waals surface area (Å²) in [5.74, 6) is -0.896. The van der Waals surface area contributed by atoms with E-state index in [0.29, 0.717) is 23.8 Å². The molecule has 0 aliphatic heterocycles. The standard InChI is InChI=1S/C13H19N3O3S/c1-8-2-4-13(5-3-8,12(18)19)16-11(17)9-7-20-10(6-14)15-9/h7-8H,2-6,14H2,1H3,(H,16,17)(H,18,19). The van der Waals surface area contributed by atoms with Crippen LogP contribution in [0.1, 0.15) is 48.1 Å². The minimum Gasteiger partial charge on any atom is -0.480 e. The molecule has 110 valence electrons. The molecule has 0 atom stereocenters. The maximum atomic E-state index is 12.2. The smallest absolute Gasteiger partial charge is 0.329 e. The lowest BCUT2D eigenvalue weighted by Crippen LogP contribution is -2.56. The normalized spacial score (nSPS) is 26.2. The van der Waals surface area contributed by atoms with Gasteiger partial charge in [-0.3, -0.25) is 4.79 Å². The van der Waals surface area contributed by atoms with E-state index < -0.39 is 17.4 Å². The van der Waals surface area contributed by atoms with Crippen molar-refractivity contribution in [2.24, 2.45) is 11.7 Å². The number of aliphatic carboxylic acids is 1. The van der Waals surface area contributed by atoms with Crippen LogP contribution in [0, 0.1) is 5.92 Å². The molecule has 2 rings (SSSR count). The Bertz CT molecular complexity index is 507. The number of nitrogens with one attached hydrogen (secondary N) is 1. The van der Waals surface area contributed by atoms with Gasteiger partial charge in [-0.15, -0.1) is 11.3 Å². The predicted octanol–water partition coefficient (Wildman–Crippen LogP) is 1.37. The van der Waals surface area contributed by atoms with Crippen molar-refractivity contribution in [3.63, 3.8) is 0 Å². The summed E-state index contributed by atoms with van der Waals surface area (Å²) in [4.78, 5) is 27.8. The quantitative estimate of drug-likeness (QED) is 0.778. The average Bonchev–Trinajstić information content (AvgIpc) is 2.90. The molecule has 0 spiro atoms. The lowest BCUT2D eigenvalue weighted by atomic mass is 9.77. The molecule has 4 N–H and O–H groups in total. The van der Waals surface area contributed by atoms with Gasteiger partial charge in [-0.1, -0.05) is 6.92 Å². The van der Waals surface area contributed by atoms with Crippen LogP contribution in [0.5, 0.6) is 0 Å². The zero-order valence-corrected chi connectivity index (χ0v) is 12.2. The van der Waals surface area contributed by atoms with Crippen LogP contribution in [0.2, 0.25) is 0 Å². The van der Waals surface area contributed by atoms with Crippen molar-refractivity contribution in [2.75, 3.05) is 0 Å². The first-order valence-corrected chi connectivity index (χ1v) is 7.55. The number of thiazole rings is 1. The summed E-state index contributed by atoms with van der Waals surface area (Å²) in [7, 11) is 0. The minimum atomic E-state index is -1.16. The summed E-state index contributed by atoms with van der Waals surface area (Å²) in [6, 6.07) is 0. The molecule has 1 aliphatic carbocycles. The highest BCUT2D eigenvalue weighted by atomic mass is 32.1. The number of carboxylic acid groups (broad SMARTS) is 1. The average molecular weight is 297 g/mol. The van der Waals surface area contributed by atoms with E-state index in [-0.39, 0.29) is 12.2 Å². The lowest BCUT2D eigenvalue weighted by molar-refractivity contribution is -0.146. The number of nitrogens with two attached hydrogens (primary N) is 1. The third-order valence-corrected chi connectivity index (χ3v) is 4.72. The van der Waals surface area contributed by atoms with Gasteiger partial charge in [0.15, 0.2) is 0 Å². The van der Waals surface area contributed by atoms with Gasteiger partial charge in [-0.05, 0) is 31.6 Å². The third-order valence-electron chi connectivity index (χ3n) is 3.85. The van der Waals surface area contributed by atoms with Crippen molar-refractivity contribution in [3.05, 3.63) is 16.1 Å². The number of hydrogen-bond donors (Lipinski definition) is 3. The number of nitrogens with zero attached hydrogens (tertiary/aromatic N) is 1. The van der Waals surface area contributed by atoms with Crippen molar-refractivity contribution in [1.82, 2.24) is 10.3 Å². The number of aromatic nitrogens is 1. The van der Waals surface area contributed by atoms with E-state index in [4.69, 9.17) is 5.73 Å². The van der Waals surface area contributed by atoms with E-state index in [1.807, 2.05) is 0 Å². The van der Waals surface area contributed by atoms with Crippen LogP contribution in [0.3, 0.4) is 0 Å². The van der Waals surface area contributed by atoms with E-state index in [0.717, 1.165) is 12.8 Å². The van der Waals surface area contributed by atoms with Crippen LogP contribution in [0.25, 0.3) is 0 Å². The monoisotopic (exact) mass is 297 g/mol. The van der Waals surface area contributed by atoms with Gasteiger partial charge in [0, 0.05) is 11.9 Å². The fourth-order valence-corrected chi connectivity index (χ4v) is 3.09. The van der Waals surface area contributed by atoms with Crippen LogP contribution in [0.4, 0.5) is 0 Å². The van der Waals surface area contributed by atoms with Gasteiger partial charge in [0.05, 0.1) is 0 Å².